The summed E-state index contributed by atoms with van der Waals surface area (Å²) < 4.78 is 5.29. The fraction of sp³-hybridized carbons (Fsp3) is 0.222. The summed E-state index contributed by atoms with van der Waals surface area (Å²) in [6.07, 6.45) is 0. The van der Waals surface area contributed by atoms with Crippen molar-refractivity contribution in [1.29, 1.82) is 0 Å². The maximum atomic E-state index is 11.4. The van der Waals surface area contributed by atoms with Crippen molar-refractivity contribution >= 4 is 27.5 Å². The van der Waals surface area contributed by atoms with Crippen molar-refractivity contribution in [3.8, 4) is 5.75 Å². The highest BCUT2D eigenvalue weighted by molar-refractivity contribution is 9.10. The summed E-state index contributed by atoms with van der Waals surface area (Å²) in [6, 6.07) is 2.56. The lowest BCUT2D eigenvalue weighted by atomic mass is 10.1. The Balaban J connectivity index is 3.38. The van der Waals surface area contributed by atoms with Gasteiger partial charge in [-0.05, 0) is 15.9 Å². The number of hydrogen-bond donors (Lipinski definition) is 1. The van der Waals surface area contributed by atoms with Crippen LogP contribution < -0.4 is 10.1 Å². The summed E-state index contributed by atoms with van der Waals surface area (Å²) in [5, 5.41) is 13.1. The lowest BCUT2D eigenvalue weighted by Crippen LogP contribution is -2.18. The molecule has 6 nitrogen and oxygen atoms in total. The lowest BCUT2D eigenvalue weighted by Gasteiger charge is -2.06. The largest absolute Gasteiger partial charge is 0.490 e. The van der Waals surface area contributed by atoms with Gasteiger partial charge in [-0.15, -0.1) is 0 Å². The zero-order valence-corrected chi connectivity index (χ0v) is 10.2. The molecule has 1 aromatic rings. The zero-order chi connectivity index (χ0) is 12.3. The van der Waals surface area contributed by atoms with Crippen LogP contribution in [0.25, 0.3) is 0 Å². The van der Waals surface area contributed by atoms with E-state index in [1.54, 1.807) is 0 Å². The third-order valence-electron chi connectivity index (χ3n) is 1.94. The van der Waals surface area contributed by atoms with Crippen LogP contribution in [-0.4, -0.2) is 25.0 Å². The number of nitrogens with zero attached hydrogens (tertiary/aromatic N) is 1. The number of ether oxygens (including phenoxy) is 1. The van der Waals surface area contributed by atoms with Crippen LogP contribution in [0.5, 0.6) is 5.75 Å². The second-order valence-electron chi connectivity index (χ2n) is 2.84. The monoisotopic (exact) mass is 288 g/mol. The van der Waals surface area contributed by atoms with E-state index < -0.39 is 10.8 Å². The van der Waals surface area contributed by atoms with Gasteiger partial charge in [0.1, 0.15) is 0 Å². The number of methoxy groups -OCH3 is 1. The number of amides is 1. The van der Waals surface area contributed by atoms with Gasteiger partial charge in [0.25, 0.3) is 5.91 Å². The Morgan fingerprint density at radius 1 is 1.56 bits per heavy atom. The van der Waals surface area contributed by atoms with E-state index in [1.165, 1.54) is 26.3 Å². The molecule has 0 aliphatic heterocycles. The van der Waals surface area contributed by atoms with Gasteiger partial charge in [0.15, 0.2) is 5.75 Å². The summed E-state index contributed by atoms with van der Waals surface area (Å²) in [6.45, 7) is 0. The van der Waals surface area contributed by atoms with E-state index in [2.05, 4.69) is 21.2 Å². The van der Waals surface area contributed by atoms with Crippen molar-refractivity contribution in [2.24, 2.45) is 0 Å². The van der Waals surface area contributed by atoms with Crippen LogP contribution in [0.2, 0.25) is 0 Å². The minimum absolute atomic E-state index is 0.101. The third-order valence-corrected chi connectivity index (χ3v) is 2.59. The highest BCUT2D eigenvalue weighted by Crippen LogP contribution is 2.32. The van der Waals surface area contributed by atoms with Crippen molar-refractivity contribution in [3.63, 3.8) is 0 Å². The predicted molar refractivity (Wildman–Crippen MR) is 60.7 cm³/mol. The SMILES string of the molecule is CNC(=O)c1cc([N+](=O)[O-])c(OC)cc1Br. The molecule has 0 bridgehead atoms. The molecule has 0 aliphatic carbocycles. The molecule has 0 fully saturated rings. The van der Waals surface area contributed by atoms with Crippen LogP contribution in [-0.2, 0) is 0 Å². The second-order valence-corrected chi connectivity index (χ2v) is 3.69. The number of hydrogen-bond acceptors (Lipinski definition) is 4. The molecule has 1 rings (SSSR count). The van der Waals surface area contributed by atoms with Crippen molar-refractivity contribution in [3.05, 3.63) is 32.3 Å². The van der Waals surface area contributed by atoms with Crippen molar-refractivity contribution < 1.29 is 14.5 Å². The van der Waals surface area contributed by atoms with E-state index in [0.29, 0.717) is 4.47 Å². The second kappa shape index (κ2) is 4.93. The molecule has 0 saturated heterocycles. The summed E-state index contributed by atoms with van der Waals surface area (Å²) in [5.41, 5.74) is -0.0562. The smallest absolute Gasteiger partial charge is 0.311 e. The van der Waals surface area contributed by atoms with E-state index in [9.17, 15) is 14.9 Å². The van der Waals surface area contributed by atoms with Gasteiger partial charge in [-0.2, -0.15) is 0 Å². The Morgan fingerprint density at radius 2 is 2.19 bits per heavy atom. The number of rotatable bonds is 3. The van der Waals surface area contributed by atoms with Crippen LogP contribution in [0.1, 0.15) is 10.4 Å². The molecule has 0 atom stereocenters. The maximum absolute atomic E-state index is 11.4. The van der Waals surface area contributed by atoms with Crippen LogP contribution in [0.15, 0.2) is 16.6 Å². The average molecular weight is 289 g/mol. The number of carbonyl (C=O) groups excluding carboxylic acids is 1. The molecular formula is C9H9BrN2O4. The molecule has 86 valence electrons. The first-order chi connectivity index (χ1) is 7.51. The van der Waals surface area contributed by atoms with Crippen molar-refractivity contribution in [2.75, 3.05) is 14.2 Å². The standard InChI is InChI=1S/C9H9BrN2O4/c1-11-9(13)5-3-7(12(14)15)8(16-2)4-6(5)10/h3-4H,1-2H3,(H,11,13). The molecule has 0 radical (unpaired) electrons. The predicted octanol–water partition coefficient (Wildman–Crippen LogP) is 1.73. The first kappa shape index (κ1) is 12.4. The number of carbonyl (C=O) groups is 1. The van der Waals surface area contributed by atoms with Gasteiger partial charge in [0.05, 0.1) is 17.6 Å². The van der Waals surface area contributed by atoms with Crippen LogP contribution in [0, 0.1) is 10.1 Å². The van der Waals surface area contributed by atoms with Crippen molar-refractivity contribution in [1.82, 2.24) is 5.32 Å². The Hall–Kier alpha value is -1.63. The fourth-order valence-electron chi connectivity index (χ4n) is 1.16. The van der Waals surface area contributed by atoms with E-state index in [4.69, 9.17) is 4.74 Å². The molecule has 0 saturated carbocycles. The molecule has 1 N–H and O–H groups in total. The molecule has 0 aliphatic rings. The Labute approximate surface area is 99.9 Å². The topological polar surface area (TPSA) is 81.5 Å². The summed E-state index contributed by atoms with van der Waals surface area (Å²) in [4.78, 5) is 21.5. The van der Waals surface area contributed by atoms with Gasteiger partial charge < -0.3 is 10.1 Å². The Morgan fingerprint density at radius 3 is 2.62 bits per heavy atom. The Kier molecular flexibility index (Phi) is 3.83. The lowest BCUT2D eigenvalue weighted by molar-refractivity contribution is -0.385. The Bertz CT molecular complexity index is 447. The highest BCUT2D eigenvalue weighted by atomic mass is 79.9. The summed E-state index contributed by atoms with van der Waals surface area (Å²) in [7, 11) is 2.78. The summed E-state index contributed by atoms with van der Waals surface area (Å²) >= 11 is 3.15. The fourth-order valence-corrected chi connectivity index (χ4v) is 1.66. The molecule has 0 aromatic heterocycles. The molecule has 1 amide bonds. The quantitative estimate of drug-likeness (QED) is 0.678. The van der Waals surface area contributed by atoms with Gasteiger partial charge in [-0.3, -0.25) is 14.9 Å². The molecule has 7 heteroatoms. The normalized spacial score (nSPS) is 9.69. The molecule has 0 spiro atoms. The molecule has 16 heavy (non-hydrogen) atoms. The zero-order valence-electron chi connectivity index (χ0n) is 8.61. The van der Waals surface area contributed by atoms with Gasteiger partial charge >= 0.3 is 5.69 Å². The van der Waals surface area contributed by atoms with Crippen LogP contribution >= 0.6 is 15.9 Å². The minimum atomic E-state index is -0.599. The number of halogens is 1. The van der Waals surface area contributed by atoms with Gasteiger partial charge in [0, 0.05) is 23.7 Å². The number of nitrogens with one attached hydrogen (secondary N) is 1. The van der Waals surface area contributed by atoms with E-state index in [-0.39, 0.29) is 17.0 Å². The molecular weight excluding hydrogens is 280 g/mol. The number of benzene rings is 1. The molecule has 1 aromatic carbocycles. The van der Waals surface area contributed by atoms with Gasteiger partial charge in [-0.25, -0.2) is 0 Å². The highest BCUT2D eigenvalue weighted by Gasteiger charge is 2.20. The van der Waals surface area contributed by atoms with E-state index in [0.717, 1.165) is 0 Å². The maximum Gasteiger partial charge on any atom is 0.311 e. The van der Waals surface area contributed by atoms with E-state index in [1.807, 2.05) is 0 Å². The molecule has 0 heterocycles. The van der Waals surface area contributed by atoms with Gasteiger partial charge in [0.2, 0.25) is 0 Å². The first-order valence-electron chi connectivity index (χ1n) is 4.25. The minimum Gasteiger partial charge on any atom is -0.490 e. The summed E-state index contributed by atoms with van der Waals surface area (Å²) in [5.74, 6) is -0.304. The van der Waals surface area contributed by atoms with Crippen LogP contribution in [0.4, 0.5) is 5.69 Å². The third kappa shape index (κ3) is 2.30. The van der Waals surface area contributed by atoms with Crippen LogP contribution in [0.3, 0.4) is 0 Å². The first-order valence-corrected chi connectivity index (χ1v) is 5.04. The van der Waals surface area contributed by atoms with Gasteiger partial charge in [-0.1, -0.05) is 0 Å². The van der Waals surface area contributed by atoms with Crippen molar-refractivity contribution in [2.45, 2.75) is 0 Å². The molecule has 0 unspecified atom stereocenters. The average Bonchev–Trinajstić information content (AvgIpc) is 2.27. The van der Waals surface area contributed by atoms with E-state index >= 15 is 0 Å². The number of nitro benzene ring substituents is 1. The number of nitro groups is 1.